The van der Waals surface area contributed by atoms with Crippen molar-refractivity contribution < 1.29 is 19.5 Å². The van der Waals surface area contributed by atoms with Crippen LogP contribution in [0.1, 0.15) is 15.9 Å². The number of benzene rings is 1. The third kappa shape index (κ3) is 3.44. The van der Waals surface area contributed by atoms with Crippen molar-refractivity contribution in [3.8, 4) is 0 Å². The number of nitrogens with one attached hydrogen (secondary N) is 1. The molecule has 0 atom stereocenters. The van der Waals surface area contributed by atoms with Crippen LogP contribution >= 0.6 is 0 Å². The Morgan fingerprint density at radius 1 is 1.25 bits per heavy atom. The van der Waals surface area contributed by atoms with Crippen LogP contribution in [0, 0.1) is 0 Å². The van der Waals surface area contributed by atoms with E-state index < -0.39 is 5.97 Å². The van der Waals surface area contributed by atoms with Gasteiger partial charge in [-0.05, 0) is 23.8 Å². The van der Waals surface area contributed by atoms with Gasteiger partial charge in [-0.15, -0.1) is 0 Å². The molecule has 1 aromatic rings. The zero-order valence-electron chi connectivity index (χ0n) is 10.7. The largest absolute Gasteiger partial charge is 0.478 e. The molecule has 2 rings (SSSR count). The maximum absolute atomic E-state index is 12.2. The number of carbonyl (C=O) groups is 3. The van der Waals surface area contributed by atoms with Crippen LogP contribution in [-0.4, -0.2) is 47.4 Å². The third-order valence-corrected chi connectivity index (χ3v) is 2.90. The van der Waals surface area contributed by atoms with E-state index in [1.54, 1.807) is 24.3 Å². The Labute approximate surface area is 115 Å². The number of amides is 2. The lowest BCUT2D eigenvalue weighted by Crippen LogP contribution is -2.49. The van der Waals surface area contributed by atoms with E-state index in [1.165, 1.54) is 11.0 Å². The Balaban J connectivity index is 2.07. The smallest absolute Gasteiger partial charge is 0.328 e. The highest BCUT2D eigenvalue weighted by Crippen LogP contribution is 2.10. The molecular weight excluding hydrogens is 260 g/mol. The van der Waals surface area contributed by atoms with Gasteiger partial charge >= 0.3 is 5.97 Å². The average Bonchev–Trinajstić information content (AvgIpc) is 2.45. The molecule has 0 unspecified atom stereocenters. The summed E-state index contributed by atoms with van der Waals surface area (Å²) >= 11 is 0. The number of aliphatic carboxylic acids is 1. The summed E-state index contributed by atoms with van der Waals surface area (Å²) in [6.45, 7) is 1.02. The zero-order valence-corrected chi connectivity index (χ0v) is 10.7. The summed E-state index contributed by atoms with van der Waals surface area (Å²) in [6.07, 6.45) is 2.48. The van der Waals surface area contributed by atoms with Crippen molar-refractivity contribution in [3.63, 3.8) is 0 Å². The van der Waals surface area contributed by atoms with Crippen LogP contribution in [0.3, 0.4) is 0 Å². The van der Waals surface area contributed by atoms with Gasteiger partial charge in [0.05, 0.1) is 6.54 Å². The number of carboxylic acid groups (broad SMARTS) is 1. The highest BCUT2D eigenvalue weighted by Gasteiger charge is 2.21. The van der Waals surface area contributed by atoms with E-state index >= 15 is 0 Å². The Morgan fingerprint density at radius 3 is 2.55 bits per heavy atom. The van der Waals surface area contributed by atoms with E-state index in [0.717, 1.165) is 6.08 Å². The molecule has 1 aliphatic rings. The SMILES string of the molecule is O=C(O)C=Cc1ccc(C(=O)N2CCNC(=O)C2)cc1. The molecule has 2 amide bonds. The normalized spacial score (nSPS) is 15.2. The zero-order chi connectivity index (χ0) is 14.5. The highest BCUT2D eigenvalue weighted by molar-refractivity contribution is 5.97. The Bertz CT molecular complexity index is 563. The molecule has 1 heterocycles. The first-order valence-corrected chi connectivity index (χ1v) is 6.13. The minimum Gasteiger partial charge on any atom is -0.478 e. The second-order valence-electron chi connectivity index (χ2n) is 4.37. The van der Waals surface area contributed by atoms with Crippen LogP contribution in [0.5, 0.6) is 0 Å². The molecular formula is C14H14N2O4. The fraction of sp³-hybridized carbons (Fsp3) is 0.214. The van der Waals surface area contributed by atoms with Crippen molar-refractivity contribution in [3.05, 3.63) is 41.5 Å². The minimum atomic E-state index is -1.02. The van der Waals surface area contributed by atoms with Gasteiger partial charge in [0.25, 0.3) is 5.91 Å². The Hall–Kier alpha value is -2.63. The topological polar surface area (TPSA) is 86.7 Å². The van der Waals surface area contributed by atoms with Gasteiger partial charge in [-0.2, -0.15) is 0 Å². The molecule has 0 aromatic heterocycles. The highest BCUT2D eigenvalue weighted by atomic mass is 16.4. The van der Waals surface area contributed by atoms with E-state index in [-0.39, 0.29) is 18.4 Å². The van der Waals surface area contributed by atoms with Crippen molar-refractivity contribution in [2.45, 2.75) is 0 Å². The molecule has 1 saturated heterocycles. The number of piperazine rings is 1. The molecule has 6 heteroatoms. The lowest BCUT2D eigenvalue weighted by atomic mass is 10.1. The quantitative estimate of drug-likeness (QED) is 0.779. The van der Waals surface area contributed by atoms with Crippen LogP contribution in [0.15, 0.2) is 30.3 Å². The molecule has 0 bridgehead atoms. The maximum Gasteiger partial charge on any atom is 0.328 e. The van der Waals surface area contributed by atoms with Crippen molar-refractivity contribution in [1.82, 2.24) is 10.2 Å². The van der Waals surface area contributed by atoms with Gasteiger partial charge in [-0.25, -0.2) is 4.79 Å². The van der Waals surface area contributed by atoms with Crippen molar-refractivity contribution in [2.24, 2.45) is 0 Å². The molecule has 0 aliphatic carbocycles. The number of carbonyl (C=O) groups excluding carboxylic acids is 2. The van der Waals surface area contributed by atoms with Gasteiger partial charge < -0.3 is 15.3 Å². The summed E-state index contributed by atoms with van der Waals surface area (Å²) in [6, 6.07) is 6.57. The van der Waals surface area contributed by atoms with Crippen LogP contribution < -0.4 is 5.32 Å². The molecule has 1 aromatic carbocycles. The van der Waals surface area contributed by atoms with E-state index in [0.29, 0.717) is 24.2 Å². The van der Waals surface area contributed by atoms with Gasteiger partial charge in [-0.1, -0.05) is 12.1 Å². The monoisotopic (exact) mass is 274 g/mol. The van der Waals surface area contributed by atoms with E-state index in [9.17, 15) is 14.4 Å². The first kappa shape index (κ1) is 13.8. The number of hydrogen-bond acceptors (Lipinski definition) is 3. The number of nitrogens with zero attached hydrogens (tertiary/aromatic N) is 1. The van der Waals surface area contributed by atoms with Crippen LogP contribution in [0.2, 0.25) is 0 Å². The Morgan fingerprint density at radius 2 is 1.95 bits per heavy atom. The molecule has 1 aliphatic heterocycles. The predicted octanol–water partition coefficient (Wildman–Crippen LogP) is 0.356. The van der Waals surface area contributed by atoms with Gasteiger partial charge in [-0.3, -0.25) is 9.59 Å². The summed E-state index contributed by atoms with van der Waals surface area (Å²) < 4.78 is 0. The first-order chi connectivity index (χ1) is 9.56. The summed E-state index contributed by atoms with van der Waals surface area (Å²) in [5, 5.41) is 11.2. The van der Waals surface area contributed by atoms with Crippen molar-refractivity contribution in [2.75, 3.05) is 19.6 Å². The van der Waals surface area contributed by atoms with Gasteiger partial charge in [0.1, 0.15) is 0 Å². The molecule has 1 fully saturated rings. The summed E-state index contributed by atoms with van der Waals surface area (Å²) in [7, 11) is 0. The third-order valence-electron chi connectivity index (χ3n) is 2.90. The Kier molecular flexibility index (Phi) is 4.14. The van der Waals surface area contributed by atoms with Crippen molar-refractivity contribution >= 4 is 23.9 Å². The number of hydrogen-bond donors (Lipinski definition) is 2. The van der Waals surface area contributed by atoms with Gasteiger partial charge in [0, 0.05) is 24.7 Å². The summed E-state index contributed by atoms with van der Waals surface area (Å²) in [5.41, 5.74) is 1.17. The van der Waals surface area contributed by atoms with Crippen LogP contribution in [0.4, 0.5) is 0 Å². The average molecular weight is 274 g/mol. The van der Waals surface area contributed by atoms with E-state index in [4.69, 9.17) is 5.11 Å². The fourth-order valence-electron chi connectivity index (χ4n) is 1.90. The maximum atomic E-state index is 12.2. The van der Waals surface area contributed by atoms with E-state index in [1.807, 2.05) is 0 Å². The number of carboxylic acids is 1. The molecule has 6 nitrogen and oxygen atoms in total. The van der Waals surface area contributed by atoms with Crippen molar-refractivity contribution in [1.29, 1.82) is 0 Å². The van der Waals surface area contributed by atoms with Crippen LogP contribution in [0.25, 0.3) is 6.08 Å². The standard InChI is InChI=1S/C14H14N2O4/c17-12-9-16(8-7-15-12)14(20)11-4-1-10(2-5-11)3-6-13(18)19/h1-6H,7-9H2,(H,15,17)(H,18,19). The molecule has 0 spiro atoms. The first-order valence-electron chi connectivity index (χ1n) is 6.13. The molecule has 0 radical (unpaired) electrons. The minimum absolute atomic E-state index is 0.0690. The molecule has 20 heavy (non-hydrogen) atoms. The van der Waals surface area contributed by atoms with Crippen LogP contribution in [-0.2, 0) is 9.59 Å². The lowest BCUT2D eigenvalue weighted by Gasteiger charge is -2.26. The van der Waals surface area contributed by atoms with E-state index in [2.05, 4.69) is 5.32 Å². The number of rotatable bonds is 3. The fourth-order valence-corrected chi connectivity index (χ4v) is 1.90. The molecule has 0 saturated carbocycles. The molecule has 104 valence electrons. The van der Waals surface area contributed by atoms with Gasteiger partial charge in [0.15, 0.2) is 0 Å². The lowest BCUT2D eigenvalue weighted by molar-refractivity contribution is -0.131. The molecule has 2 N–H and O–H groups in total. The summed E-state index contributed by atoms with van der Waals surface area (Å²) in [4.78, 5) is 35.3. The van der Waals surface area contributed by atoms with Gasteiger partial charge in [0.2, 0.25) is 5.91 Å². The second kappa shape index (κ2) is 6.01. The predicted molar refractivity (Wildman–Crippen MR) is 72.0 cm³/mol. The summed E-state index contributed by atoms with van der Waals surface area (Å²) in [5.74, 6) is -1.39. The second-order valence-corrected chi connectivity index (χ2v) is 4.37.